The molecule has 1 aliphatic carbocycles. The Kier molecular flexibility index (Phi) is 7.11. The summed E-state index contributed by atoms with van der Waals surface area (Å²) < 4.78 is 5.47. The Morgan fingerprint density at radius 1 is 1.17 bits per heavy atom. The van der Waals surface area contributed by atoms with Crippen molar-refractivity contribution in [2.45, 2.75) is 51.9 Å². The van der Waals surface area contributed by atoms with Crippen LogP contribution < -0.4 is 10.1 Å². The molecule has 0 heterocycles. The third-order valence-electron chi connectivity index (χ3n) is 4.46. The van der Waals surface area contributed by atoms with Gasteiger partial charge in [0.15, 0.2) is 12.4 Å². The zero-order valence-electron chi connectivity index (χ0n) is 14.0. The van der Waals surface area contributed by atoms with Gasteiger partial charge in [-0.25, -0.2) is 0 Å². The molecule has 1 N–H and O–H groups in total. The van der Waals surface area contributed by atoms with Crippen LogP contribution in [0, 0.1) is 5.92 Å². The number of amides is 1. The third-order valence-corrected chi connectivity index (χ3v) is 4.46. The monoisotopic (exact) mass is 317 g/mol. The molecule has 0 radical (unpaired) electrons. The second-order valence-corrected chi connectivity index (χ2v) is 6.34. The first-order valence-electron chi connectivity index (χ1n) is 8.66. The Balaban J connectivity index is 1.64. The van der Waals surface area contributed by atoms with Crippen LogP contribution in [0.2, 0.25) is 0 Å². The van der Waals surface area contributed by atoms with E-state index in [9.17, 15) is 9.59 Å². The molecular weight excluding hydrogens is 290 g/mol. The molecule has 1 aliphatic rings. The Hall–Kier alpha value is -1.84. The second kappa shape index (κ2) is 9.33. The van der Waals surface area contributed by atoms with Crippen LogP contribution in [0.4, 0.5) is 0 Å². The Bertz CT molecular complexity index is 521. The molecule has 0 aromatic heterocycles. The van der Waals surface area contributed by atoms with E-state index in [-0.39, 0.29) is 18.3 Å². The minimum atomic E-state index is -0.132. The molecule has 4 heteroatoms. The van der Waals surface area contributed by atoms with Gasteiger partial charge in [-0.1, -0.05) is 44.2 Å². The zero-order chi connectivity index (χ0) is 16.5. The maximum absolute atomic E-state index is 11.8. The Labute approximate surface area is 138 Å². The molecule has 0 saturated heterocycles. The molecule has 1 aromatic rings. The van der Waals surface area contributed by atoms with E-state index in [2.05, 4.69) is 5.32 Å². The average molecular weight is 317 g/mol. The first kappa shape index (κ1) is 17.5. The lowest BCUT2D eigenvalue weighted by Gasteiger charge is -2.21. The van der Waals surface area contributed by atoms with E-state index >= 15 is 0 Å². The van der Waals surface area contributed by atoms with Gasteiger partial charge >= 0.3 is 0 Å². The summed E-state index contributed by atoms with van der Waals surface area (Å²) in [5, 5.41) is 2.89. The van der Waals surface area contributed by atoms with Gasteiger partial charge < -0.3 is 10.1 Å². The lowest BCUT2D eigenvalue weighted by molar-refractivity contribution is -0.123. The van der Waals surface area contributed by atoms with E-state index in [1.807, 2.05) is 0 Å². The molecule has 0 spiro atoms. The van der Waals surface area contributed by atoms with Crippen molar-refractivity contribution < 1.29 is 14.3 Å². The van der Waals surface area contributed by atoms with Crippen LogP contribution >= 0.6 is 0 Å². The molecule has 23 heavy (non-hydrogen) atoms. The summed E-state index contributed by atoms with van der Waals surface area (Å²) in [6.07, 6.45) is 9.03. The number of hydrogen-bond donors (Lipinski definition) is 1. The second-order valence-electron chi connectivity index (χ2n) is 6.34. The summed E-state index contributed by atoms with van der Waals surface area (Å²) in [5.74, 6) is 1.12. The van der Waals surface area contributed by atoms with Gasteiger partial charge in [0.1, 0.15) is 5.75 Å². The van der Waals surface area contributed by atoms with Crippen LogP contribution in [0.3, 0.4) is 0 Å². The van der Waals surface area contributed by atoms with E-state index in [4.69, 9.17) is 4.74 Å². The largest absolute Gasteiger partial charge is 0.483 e. The SMILES string of the molecule is CC(=O)c1ccccc1OCC(=O)NCCCC1CCCCC1. The molecule has 0 aliphatic heterocycles. The van der Waals surface area contributed by atoms with Crippen molar-refractivity contribution in [2.24, 2.45) is 5.92 Å². The number of nitrogens with one attached hydrogen (secondary N) is 1. The highest BCUT2D eigenvalue weighted by molar-refractivity contribution is 5.96. The predicted molar refractivity (Wildman–Crippen MR) is 90.8 cm³/mol. The standard InChI is InChI=1S/C19H27NO3/c1-15(21)17-11-5-6-12-18(17)23-14-19(22)20-13-7-10-16-8-3-2-4-9-16/h5-6,11-12,16H,2-4,7-10,13-14H2,1H3,(H,20,22). The van der Waals surface area contributed by atoms with Gasteiger partial charge in [-0.2, -0.15) is 0 Å². The number of hydrogen-bond acceptors (Lipinski definition) is 3. The summed E-state index contributed by atoms with van der Waals surface area (Å²) >= 11 is 0. The van der Waals surface area contributed by atoms with Crippen LogP contribution in [-0.2, 0) is 4.79 Å². The molecule has 0 bridgehead atoms. The highest BCUT2D eigenvalue weighted by atomic mass is 16.5. The van der Waals surface area contributed by atoms with Gasteiger partial charge in [-0.05, 0) is 37.8 Å². The summed E-state index contributed by atoms with van der Waals surface area (Å²) in [6.45, 7) is 2.15. The van der Waals surface area contributed by atoms with Crippen molar-refractivity contribution in [2.75, 3.05) is 13.2 Å². The number of para-hydroxylation sites is 1. The van der Waals surface area contributed by atoms with Crippen molar-refractivity contribution in [3.63, 3.8) is 0 Å². The number of Topliss-reactive ketones (excluding diaryl/α,β-unsaturated/α-hetero) is 1. The lowest BCUT2D eigenvalue weighted by atomic mass is 9.86. The molecule has 1 aromatic carbocycles. The van der Waals surface area contributed by atoms with Gasteiger partial charge in [0.05, 0.1) is 5.56 Å². The maximum atomic E-state index is 11.8. The molecule has 1 fully saturated rings. The van der Waals surface area contributed by atoms with Crippen molar-refractivity contribution in [3.05, 3.63) is 29.8 Å². The minimum Gasteiger partial charge on any atom is -0.483 e. The van der Waals surface area contributed by atoms with Crippen LogP contribution in [0.15, 0.2) is 24.3 Å². The van der Waals surface area contributed by atoms with Crippen molar-refractivity contribution >= 4 is 11.7 Å². The number of carbonyl (C=O) groups excluding carboxylic acids is 2. The predicted octanol–water partition coefficient (Wildman–Crippen LogP) is 3.74. The zero-order valence-corrected chi connectivity index (χ0v) is 14.0. The quantitative estimate of drug-likeness (QED) is 0.587. The highest BCUT2D eigenvalue weighted by Crippen LogP contribution is 2.26. The first-order valence-corrected chi connectivity index (χ1v) is 8.66. The number of benzene rings is 1. The molecular formula is C19H27NO3. The number of rotatable bonds is 8. The Morgan fingerprint density at radius 3 is 2.65 bits per heavy atom. The smallest absolute Gasteiger partial charge is 0.257 e. The van der Waals surface area contributed by atoms with Crippen molar-refractivity contribution in [3.8, 4) is 5.75 Å². The summed E-state index contributed by atoms with van der Waals surface area (Å²) in [7, 11) is 0. The van der Waals surface area contributed by atoms with E-state index < -0.39 is 0 Å². The van der Waals surface area contributed by atoms with Crippen LogP contribution in [0.1, 0.15) is 62.2 Å². The first-order chi connectivity index (χ1) is 11.2. The van der Waals surface area contributed by atoms with Gasteiger partial charge in [-0.3, -0.25) is 9.59 Å². The third kappa shape index (κ3) is 6.05. The van der Waals surface area contributed by atoms with Crippen molar-refractivity contribution in [1.82, 2.24) is 5.32 Å². The number of ketones is 1. The van der Waals surface area contributed by atoms with E-state index in [0.717, 1.165) is 12.3 Å². The molecule has 0 atom stereocenters. The fourth-order valence-electron chi connectivity index (χ4n) is 3.17. The van der Waals surface area contributed by atoms with E-state index in [1.165, 1.54) is 45.4 Å². The normalized spacial score (nSPS) is 15.2. The van der Waals surface area contributed by atoms with Gasteiger partial charge in [-0.15, -0.1) is 0 Å². The number of ether oxygens (including phenoxy) is 1. The summed E-state index contributed by atoms with van der Waals surface area (Å²) in [6, 6.07) is 7.01. The van der Waals surface area contributed by atoms with Gasteiger partial charge in [0.2, 0.25) is 0 Å². The summed E-state index contributed by atoms with van der Waals surface area (Å²) in [5.41, 5.74) is 0.512. The fraction of sp³-hybridized carbons (Fsp3) is 0.579. The van der Waals surface area contributed by atoms with Crippen LogP contribution in [0.5, 0.6) is 5.75 Å². The van der Waals surface area contributed by atoms with Crippen LogP contribution in [0.25, 0.3) is 0 Å². The lowest BCUT2D eigenvalue weighted by Crippen LogP contribution is -2.30. The molecule has 0 unspecified atom stereocenters. The summed E-state index contributed by atoms with van der Waals surface area (Å²) in [4.78, 5) is 23.3. The number of carbonyl (C=O) groups is 2. The average Bonchev–Trinajstić information content (AvgIpc) is 2.58. The van der Waals surface area contributed by atoms with Crippen LogP contribution in [-0.4, -0.2) is 24.8 Å². The highest BCUT2D eigenvalue weighted by Gasteiger charge is 2.13. The molecule has 1 saturated carbocycles. The molecule has 1 amide bonds. The molecule has 126 valence electrons. The maximum Gasteiger partial charge on any atom is 0.257 e. The van der Waals surface area contributed by atoms with Crippen molar-refractivity contribution in [1.29, 1.82) is 0 Å². The topological polar surface area (TPSA) is 55.4 Å². The Morgan fingerprint density at radius 2 is 1.91 bits per heavy atom. The van der Waals surface area contributed by atoms with Gasteiger partial charge in [0, 0.05) is 6.54 Å². The molecule has 2 rings (SSSR count). The minimum absolute atomic E-state index is 0.0479. The fourth-order valence-corrected chi connectivity index (χ4v) is 3.17. The van der Waals surface area contributed by atoms with E-state index in [0.29, 0.717) is 17.9 Å². The van der Waals surface area contributed by atoms with Gasteiger partial charge in [0.25, 0.3) is 5.91 Å². The molecule has 4 nitrogen and oxygen atoms in total. The van der Waals surface area contributed by atoms with E-state index in [1.54, 1.807) is 24.3 Å².